The van der Waals surface area contributed by atoms with Gasteiger partial charge in [-0.1, -0.05) is 12.2 Å². The van der Waals surface area contributed by atoms with E-state index in [0.29, 0.717) is 17.5 Å². The Morgan fingerprint density at radius 1 is 1.47 bits per heavy atom. The molecule has 2 aromatic heterocycles. The Morgan fingerprint density at radius 3 is 2.87 bits per heavy atom. The predicted octanol–water partition coefficient (Wildman–Crippen LogP) is -0.0000800. The molecule has 15 heavy (non-hydrogen) atoms. The molecule has 0 unspecified atom stereocenters. The highest BCUT2D eigenvalue weighted by molar-refractivity contribution is 7.80. The van der Waals surface area contributed by atoms with E-state index >= 15 is 0 Å². The minimum atomic E-state index is 0.166. The average molecular weight is 220 g/mol. The summed E-state index contributed by atoms with van der Waals surface area (Å²) in [6, 6.07) is 1.73. The van der Waals surface area contributed by atoms with Gasteiger partial charge in [0.05, 0.1) is 0 Å². The van der Waals surface area contributed by atoms with Gasteiger partial charge in [0.15, 0.2) is 5.82 Å². The summed E-state index contributed by atoms with van der Waals surface area (Å²) >= 11 is 4.76. The highest BCUT2D eigenvalue weighted by Gasteiger charge is 2.05. The first-order chi connectivity index (χ1) is 7.16. The summed E-state index contributed by atoms with van der Waals surface area (Å²) in [6.07, 6.45) is 3.16. The van der Waals surface area contributed by atoms with E-state index in [1.165, 1.54) is 11.0 Å². The number of aryl methyl sites for hydroxylation is 1. The van der Waals surface area contributed by atoms with Gasteiger partial charge >= 0.3 is 0 Å². The number of aromatic nitrogens is 5. The van der Waals surface area contributed by atoms with Crippen LogP contribution in [0.5, 0.6) is 0 Å². The third-order valence-electron chi connectivity index (χ3n) is 1.71. The van der Waals surface area contributed by atoms with Gasteiger partial charge in [-0.3, -0.25) is 0 Å². The molecule has 0 aliphatic heterocycles. The van der Waals surface area contributed by atoms with Crippen LogP contribution in [0.3, 0.4) is 0 Å². The minimum Gasteiger partial charge on any atom is -0.387 e. The van der Waals surface area contributed by atoms with Gasteiger partial charge in [0.25, 0.3) is 0 Å². The molecule has 2 N–H and O–H groups in total. The van der Waals surface area contributed by atoms with Crippen molar-refractivity contribution in [3.8, 4) is 5.82 Å². The summed E-state index contributed by atoms with van der Waals surface area (Å²) in [6.45, 7) is 1.80. The molecular weight excluding hydrogens is 212 g/mol. The van der Waals surface area contributed by atoms with Crippen molar-refractivity contribution in [2.75, 3.05) is 0 Å². The van der Waals surface area contributed by atoms with Gasteiger partial charge in [-0.05, 0) is 6.92 Å². The number of rotatable bonds is 2. The molecule has 76 valence electrons. The zero-order valence-electron chi connectivity index (χ0n) is 7.95. The second-order valence-corrected chi connectivity index (χ2v) is 3.28. The zero-order chi connectivity index (χ0) is 10.8. The lowest BCUT2D eigenvalue weighted by atomic mass is 10.5. The Labute approximate surface area is 91.2 Å². The molecule has 0 aliphatic rings. The van der Waals surface area contributed by atoms with Crippen molar-refractivity contribution < 1.29 is 0 Å². The van der Waals surface area contributed by atoms with E-state index in [1.807, 2.05) is 0 Å². The monoisotopic (exact) mass is 220 g/mol. The van der Waals surface area contributed by atoms with Gasteiger partial charge in [0, 0.05) is 12.3 Å². The Morgan fingerprint density at radius 2 is 2.27 bits per heavy atom. The van der Waals surface area contributed by atoms with E-state index in [1.54, 1.807) is 19.2 Å². The molecule has 0 radical (unpaired) electrons. The van der Waals surface area contributed by atoms with Crippen molar-refractivity contribution in [3.05, 3.63) is 30.2 Å². The van der Waals surface area contributed by atoms with Crippen LogP contribution in [0.1, 0.15) is 11.6 Å². The summed E-state index contributed by atoms with van der Waals surface area (Å²) < 4.78 is 1.50. The Balaban J connectivity index is 2.41. The van der Waals surface area contributed by atoms with Gasteiger partial charge in [-0.15, -0.1) is 5.10 Å². The Kier molecular flexibility index (Phi) is 2.38. The standard InChI is InChI=1S/C8H8N6S/c1-5-10-3-2-6(12-5)14-4-11-8(13-14)7(9)15/h2-4H,1H3,(H2,9,15). The average Bonchev–Trinajstić information content (AvgIpc) is 2.66. The van der Waals surface area contributed by atoms with Crippen molar-refractivity contribution in [3.63, 3.8) is 0 Å². The van der Waals surface area contributed by atoms with Crippen LogP contribution in [0.4, 0.5) is 0 Å². The van der Waals surface area contributed by atoms with Crippen molar-refractivity contribution in [2.24, 2.45) is 5.73 Å². The summed E-state index contributed by atoms with van der Waals surface area (Å²) in [5.74, 6) is 1.64. The normalized spacial score (nSPS) is 10.2. The van der Waals surface area contributed by atoms with Crippen LogP contribution in [0.25, 0.3) is 5.82 Å². The molecule has 0 spiro atoms. The van der Waals surface area contributed by atoms with E-state index in [0.717, 1.165) is 0 Å². The lowest BCUT2D eigenvalue weighted by Gasteiger charge is -1.98. The van der Waals surface area contributed by atoms with Crippen LogP contribution in [0.15, 0.2) is 18.6 Å². The molecule has 0 aromatic carbocycles. The number of thiocarbonyl (C=S) groups is 1. The zero-order valence-corrected chi connectivity index (χ0v) is 8.77. The van der Waals surface area contributed by atoms with E-state index in [2.05, 4.69) is 20.1 Å². The quantitative estimate of drug-likeness (QED) is 0.717. The first-order valence-corrected chi connectivity index (χ1v) is 4.59. The molecule has 0 amide bonds. The molecule has 2 heterocycles. The topological polar surface area (TPSA) is 82.5 Å². The molecule has 2 aromatic rings. The van der Waals surface area contributed by atoms with Gasteiger partial charge in [-0.25, -0.2) is 19.6 Å². The summed E-state index contributed by atoms with van der Waals surface area (Å²) in [4.78, 5) is 12.3. The maximum atomic E-state index is 5.40. The van der Waals surface area contributed by atoms with E-state index in [4.69, 9.17) is 18.0 Å². The fourth-order valence-corrected chi connectivity index (χ4v) is 1.15. The van der Waals surface area contributed by atoms with E-state index < -0.39 is 0 Å². The Hall–Kier alpha value is -1.89. The van der Waals surface area contributed by atoms with Crippen LogP contribution in [0, 0.1) is 6.92 Å². The van der Waals surface area contributed by atoms with Gasteiger partial charge in [0.2, 0.25) is 5.82 Å². The van der Waals surface area contributed by atoms with Crippen LogP contribution in [-0.4, -0.2) is 29.7 Å². The lowest BCUT2D eigenvalue weighted by Crippen LogP contribution is -2.12. The van der Waals surface area contributed by atoms with Crippen molar-refractivity contribution in [1.82, 2.24) is 24.7 Å². The first-order valence-electron chi connectivity index (χ1n) is 4.18. The molecule has 0 atom stereocenters. The number of nitrogens with two attached hydrogens (primary N) is 1. The molecular formula is C8H8N6S. The fourth-order valence-electron chi connectivity index (χ4n) is 1.06. The van der Waals surface area contributed by atoms with Crippen LogP contribution < -0.4 is 5.73 Å². The van der Waals surface area contributed by atoms with Crippen LogP contribution in [0.2, 0.25) is 0 Å². The van der Waals surface area contributed by atoms with Crippen LogP contribution in [-0.2, 0) is 0 Å². The molecule has 0 saturated carbocycles. The molecule has 0 aliphatic carbocycles. The second-order valence-electron chi connectivity index (χ2n) is 2.84. The maximum absolute atomic E-state index is 5.40. The molecule has 6 nitrogen and oxygen atoms in total. The summed E-state index contributed by atoms with van der Waals surface area (Å²) in [5.41, 5.74) is 5.40. The maximum Gasteiger partial charge on any atom is 0.208 e. The number of hydrogen-bond donors (Lipinski definition) is 1. The van der Waals surface area contributed by atoms with Gasteiger partial charge < -0.3 is 5.73 Å². The SMILES string of the molecule is Cc1nccc(-n2cnc(C(N)=S)n2)n1. The second kappa shape index (κ2) is 3.70. The van der Waals surface area contributed by atoms with Crippen molar-refractivity contribution in [2.45, 2.75) is 6.92 Å². The smallest absolute Gasteiger partial charge is 0.208 e. The van der Waals surface area contributed by atoms with Crippen molar-refractivity contribution in [1.29, 1.82) is 0 Å². The largest absolute Gasteiger partial charge is 0.387 e. The Bertz CT molecular complexity index is 505. The van der Waals surface area contributed by atoms with Crippen LogP contribution >= 0.6 is 12.2 Å². The molecule has 0 fully saturated rings. The highest BCUT2D eigenvalue weighted by Crippen LogP contribution is 2.01. The molecule has 7 heteroatoms. The van der Waals surface area contributed by atoms with Crippen molar-refractivity contribution >= 4 is 17.2 Å². The highest BCUT2D eigenvalue weighted by atomic mass is 32.1. The molecule has 0 saturated heterocycles. The molecule has 2 rings (SSSR count). The fraction of sp³-hybridized carbons (Fsp3) is 0.125. The predicted molar refractivity (Wildman–Crippen MR) is 57.6 cm³/mol. The van der Waals surface area contributed by atoms with Gasteiger partial charge in [0.1, 0.15) is 17.1 Å². The summed E-state index contributed by atoms with van der Waals surface area (Å²) in [5, 5.41) is 4.07. The number of hydrogen-bond acceptors (Lipinski definition) is 5. The first kappa shape index (κ1) is 9.66. The third-order valence-corrected chi connectivity index (χ3v) is 1.89. The molecule has 0 bridgehead atoms. The summed E-state index contributed by atoms with van der Waals surface area (Å²) in [7, 11) is 0. The van der Waals surface area contributed by atoms with E-state index in [9.17, 15) is 0 Å². The third kappa shape index (κ3) is 1.96. The number of nitrogens with zero attached hydrogens (tertiary/aromatic N) is 5. The van der Waals surface area contributed by atoms with E-state index in [-0.39, 0.29) is 4.99 Å². The van der Waals surface area contributed by atoms with Gasteiger partial charge in [-0.2, -0.15) is 0 Å². The lowest BCUT2D eigenvalue weighted by molar-refractivity contribution is 0.824. The minimum absolute atomic E-state index is 0.166.